The molecule has 0 bridgehead atoms. The monoisotopic (exact) mass is 373 g/mol. The number of carbonyl (C=O) groups excluding carboxylic acids is 4. The molecule has 3 rings (SSSR count). The van der Waals surface area contributed by atoms with Crippen LogP contribution in [0.15, 0.2) is 24.3 Å². The summed E-state index contributed by atoms with van der Waals surface area (Å²) in [7, 11) is 0. The summed E-state index contributed by atoms with van der Waals surface area (Å²) in [4.78, 5) is 49.2. The molecule has 2 fully saturated rings. The minimum absolute atomic E-state index is 0.387. The van der Waals surface area contributed by atoms with Crippen molar-refractivity contribution in [2.75, 3.05) is 18.5 Å². The van der Waals surface area contributed by atoms with Crippen LogP contribution in [0, 0.1) is 0 Å². The second-order valence-electron chi connectivity index (χ2n) is 6.87. The number of esters is 1. The predicted octanol–water partition coefficient (Wildman–Crippen LogP) is 1.60. The fourth-order valence-electron chi connectivity index (χ4n) is 3.48. The van der Waals surface area contributed by atoms with Crippen molar-refractivity contribution in [3.63, 3.8) is 0 Å². The van der Waals surface area contributed by atoms with E-state index in [0.717, 1.165) is 29.7 Å². The lowest BCUT2D eigenvalue weighted by Crippen LogP contribution is -2.44. The van der Waals surface area contributed by atoms with Gasteiger partial charge in [-0.25, -0.2) is 4.79 Å². The summed E-state index contributed by atoms with van der Waals surface area (Å²) in [6.45, 7) is 1.06. The Hall–Kier alpha value is -2.90. The summed E-state index contributed by atoms with van der Waals surface area (Å²) in [6, 6.07) is 6.76. The highest BCUT2D eigenvalue weighted by Crippen LogP contribution is 2.34. The summed E-state index contributed by atoms with van der Waals surface area (Å²) in [5, 5.41) is 5.32. The SMILES string of the molecule is CCc1ccc(NC(=O)COC(=O)CN2C(=O)NC3(CCCC3)C2=O)cc1. The van der Waals surface area contributed by atoms with E-state index < -0.39 is 36.6 Å². The zero-order valence-corrected chi connectivity index (χ0v) is 15.2. The van der Waals surface area contributed by atoms with Crippen molar-refractivity contribution in [3.05, 3.63) is 29.8 Å². The van der Waals surface area contributed by atoms with Gasteiger partial charge in [0.1, 0.15) is 12.1 Å². The minimum Gasteiger partial charge on any atom is -0.454 e. The van der Waals surface area contributed by atoms with Crippen LogP contribution in [0.3, 0.4) is 0 Å². The molecule has 1 saturated carbocycles. The van der Waals surface area contributed by atoms with Gasteiger partial charge in [0.15, 0.2) is 6.61 Å². The average molecular weight is 373 g/mol. The standard InChI is InChI=1S/C19H23N3O5/c1-2-13-5-7-14(8-6-13)20-15(23)12-27-16(24)11-22-17(25)19(21-18(22)26)9-3-4-10-19/h5-8H,2-4,9-12H2,1H3,(H,20,23)(H,21,26). The third-order valence-electron chi connectivity index (χ3n) is 5.00. The van der Waals surface area contributed by atoms with Crippen molar-refractivity contribution < 1.29 is 23.9 Å². The molecule has 1 saturated heterocycles. The van der Waals surface area contributed by atoms with Gasteiger partial charge in [0.05, 0.1) is 0 Å². The second-order valence-corrected chi connectivity index (χ2v) is 6.87. The molecule has 0 radical (unpaired) electrons. The molecule has 8 heteroatoms. The van der Waals surface area contributed by atoms with Gasteiger partial charge in [0.25, 0.3) is 11.8 Å². The number of anilines is 1. The Bertz CT molecular complexity index is 753. The Morgan fingerprint density at radius 3 is 2.48 bits per heavy atom. The lowest BCUT2D eigenvalue weighted by Gasteiger charge is -2.19. The first kappa shape index (κ1) is 18.9. The van der Waals surface area contributed by atoms with Gasteiger partial charge in [-0.1, -0.05) is 31.9 Å². The van der Waals surface area contributed by atoms with E-state index in [2.05, 4.69) is 10.6 Å². The van der Waals surface area contributed by atoms with Crippen LogP contribution in [0.25, 0.3) is 0 Å². The van der Waals surface area contributed by atoms with E-state index in [1.807, 2.05) is 19.1 Å². The number of nitrogens with one attached hydrogen (secondary N) is 2. The van der Waals surface area contributed by atoms with Crippen molar-refractivity contribution in [1.82, 2.24) is 10.2 Å². The summed E-state index contributed by atoms with van der Waals surface area (Å²) in [6.07, 6.45) is 3.80. The number of ether oxygens (including phenoxy) is 1. The number of hydrogen-bond acceptors (Lipinski definition) is 5. The van der Waals surface area contributed by atoms with Gasteiger partial charge in [-0.3, -0.25) is 19.3 Å². The largest absolute Gasteiger partial charge is 0.454 e. The van der Waals surface area contributed by atoms with E-state index in [9.17, 15) is 19.2 Å². The molecule has 1 aromatic rings. The molecule has 0 atom stereocenters. The molecular formula is C19H23N3O5. The van der Waals surface area contributed by atoms with Crippen LogP contribution in [0.2, 0.25) is 0 Å². The molecular weight excluding hydrogens is 350 g/mol. The van der Waals surface area contributed by atoms with E-state index in [1.54, 1.807) is 12.1 Å². The first-order valence-electron chi connectivity index (χ1n) is 9.12. The van der Waals surface area contributed by atoms with Crippen LogP contribution in [0.4, 0.5) is 10.5 Å². The van der Waals surface area contributed by atoms with E-state index in [0.29, 0.717) is 18.5 Å². The normalized spacial score (nSPS) is 17.9. The molecule has 1 heterocycles. The lowest BCUT2D eigenvalue weighted by atomic mass is 9.98. The van der Waals surface area contributed by atoms with Crippen molar-refractivity contribution in [1.29, 1.82) is 0 Å². The summed E-state index contributed by atoms with van der Waals surface area (Å²) >= 11 is 0. The maximum absolute atomic E-state index is 12.5. The summed E-state index contributed by atoms with van der Waals surface area (Å²) in [5.41, 5.74) is 0.887. The first-order chi connectivity index (χ1) is 12.9. The highest BCUT2D eigenvalue weighted by molar-refractivity contribution is 6.09. The zero-order valence-electron chi connectivity index (χ0n) is 15.2. The third kappa shape index (κ3) is 4.10. The Labute approximate surface area is 157 Å². The van der Waals surface area contributed by atoms with Gasteiger partial charge in [-0.15, -0.1) is 0 Å². The van der Waals surface area contributed by atoms with E-state index in [-0.39, 0.29) is 5.91 Å². The number of carbonyl (C=O) groups is 4. The quantitative estimate of drug-likeness (QED) is 0.582. The van der Waals surface area contributed by atoms with E-state index in [4.69, 9.17) is 4.74 Å². The van der Waals surface area contributed by atoms with Crippen LogP contribution in [0.5, 0.6) is 0 Å². The zero-order chi connectivity index (χ0) is 19.4. The second kappa shape index (κ2) is 7.77. The molecule has 8 nitrogen and oxygen atoms in total. The molecule has 1 aliphatic heterocycles. The van der Waals surface area contributed by atoms with Crippen molar-refractivity contribution in [3.8, 4) is 0 Å². The van der Waals surface area contributed by atoms with Gasteiger partial charge in [-0.05, 0) is 37.0 Å². The maximum atomic E-state index is 12.5. The predicted molar refractivity (Wildman–Crippen MR) is 96.9 cm³/mol. The average Bonchev–Trinajstić information content (AvgIpc) is 3.21. The van der Waals surface area contributed by atoms with Crippen LogP contribution in [-0.2, 0) is 25.5 Å². The van der Waals surface area contributed by atoms with Crippen LogP contribution in [-0.4, -0.2) is 47.4 Å². The number of urea groups is 1. The third-order valence-corrected chi connectivity index (χ3v) is 5.00. The number of imide groups is 1. The Morgan fingerprint density at radius 2 is 1.85 bits per heavy atom. The lowest BCUT2D eigenvalue weighted by molar-refractivity contribution is -0.150. The number of rotatable bonds is 6. The highest BCUT2D eigenvalue weighted by atomic mass is 16.5. The Morgan fingerprint density at radius 1 is 1.19 bits per heavy atom. The fourth-order valence-corrected chi connectivity index (χ4v) is 3.48. The highest BCUT2D eigenvalue weighted by Gasteiger charge is 2.52. The molecule has 2 N–H and O–H groups in total. The van der Waals surface area contributed by atoms with Crippen LogP contribution in [0.1, 0.15) is 38.2 Å². The number of hydrogen-bond donors (Lipinski definition) is 2. The molecule has 2 aliphatic rings. The number of nitrogens with zero attached hydrogens (tertiary/aromatic N) is 1. The number of amides is 4. The van der Waals surface area contributed by atoms with Gasteiger partial charge < -0.3 is 15.4 Å². The van der Waals surface area contributed by atoms with Gasteiger partial charge in [-0.2, -0.15) is 0 Å². The molecule has 1 aliphatic carbocycles. The van der Waals surface area contributed by atoms with Crippen LogP contribution < -0.4 is 10.6 Å². The van der Waals surface area contributed by atoms with Gasteiger partial charge in [0.2, 0.25) is 0 Å². The maximum Gasteiger partial charge on any atom is 0.326 e. The fraction of sp³-hybridized carbons (Fsp3) is 0.474. The van der Waals surface area contributed by atoms with E-state index in [1.165, 1.54) is 0 Å². The minimum atomic E-state index is -0.862. The van der Waals surface area contributed by atoms with Crippen molar-refractivity contribution in [2.24, 2.45) is 0 Å². The molecule has 27 heavy (non-hydrogen) atoms. The molecule has 4 amide bonds. The molecule has 1 aromatic carbocycles. The topological polar surface area (TPSA) is 105 Å². The van der Waals surface area contributed by atoms with E-state index >= 15 is 0 Å². The van der Waals surface area contributed by atoms with Gasteiger partial charge in [0, 0.05) is 5.69 Å². The number of benzene rings is 1. The summed E-state index contributed by atoms with van der Waals surface area (Å²) in [5.74, 6) is -1.68. The van der Waals surface area contributed by atoms with Gasteiger partial charge >= 0.3 is 12.0 Å². The molecule has 1 spiro atoms. The van der Waals surface area contributed by atoms with Crippen LogP contribution >= 0.6 is 0 Å². The Balaban J connectivity index is 1.47. The van der Waals surface area contributed by atoms with Crippen molar-refractivity contribution >= 4 is 29.5 Å². The smallest absolute Gasteiger partial charge is 0.326 e. The van der Waals surface area contributed by atoms with Crippen molar-refractivity contribution in [2.45, 2.75) is 44.6 Å². The first-order valence-corrected chi connectivity index (χ1v) is 9.12. The molecule has 0 unspecified atom stereocenters. The number of aryl methyl sites for hydroxylation is 1. The summed E-state index contributed by atoms with van der Waals surface area (Å²) < 4.78 is 4.91. The molecule has 0 aromatic heterocycles. The Kier molecular flexibility index (Phi) is 5.43. The molecule has 144 valence electrons.